The van der Waals surface area contributed by atoms with E-state index >= 15 is 0 Å². The Morgan fingerprint density at radius 2 is 1.88 bits per heavy atom. The van der Waals surface area contributed by atoms with Gasteiger partial charge in [0, 0.05) is 6.42 Å². The molecule has 0 unspecified atom stereocenters. The van der Waals surface area contributed by atoms with Crippen LogP contribution in [0.15, 0.2) is 0 Å². The first kappa shape index (κ1) is 8.11. The number of hydrogen-bond acceptors (Lipinski definition) is 1. The molecule has 0 aromatic carbocycles. The van der Waals surface area contributed by atoms with E-state index in [4.69, 9.17) is 5.73 Å². The Kier molecular flexibility index (Phi) is 2.18. The van der Waals surface area contributed by atoms with Gasteiger partial charge in [-0.05, 0) is 6.42 Å². The third kappa shape index (κ3) is 1.09. The summed E-state index contributed by atoms with van der Waals surface area (Å²) in [6, 6.07) is -0.854. The molecule has 0 amide bonds. The summed E-state index contributed by atoms with van der Waals surface area (Å²) >= 11 is 0. The molecule has 1 aliphatic carbocycles. The summed E-state index contributed by atoms with van der Waals surface area (Å²) in [6.07, 6.45) is 0.459. The normalized spacial score (nSPS) is 32.6. The van der Waals surface area contributed by atoms with Crippen molar-refractivity contribution in [3.05, 3.63) is 0 Å². The lowest BCUT2D eigenvalue weighted by Crippen LogP contribution is -2.49. The Bertz CT molecular complexity index is 86.1. The summed E-state index contributed by atoms with van der Waals surface area (Å²) in [6.45, 7) is 0. The highest BCUT2D eigenvalue weighted by Gasteiger charge is 2.45. The van der Waals surface area contributed by atoms with Crippen molar-refractivity contribution in [2.24, 2.45) is 5.73 Å². The van der Waals surface area contributed by atoms with Gasteiger partial charge in [-0.3, -0.25) is 0 Å². The maximum absolute atomic E-state index is 11.8. The first-order valence-corrected chi connectivity index (χ1v) is 2.26. The second-order valence-electron chi connectivity index (χ2n) is 1.91. The number of nitrogens with two attached hydrogens (primary N) is 1. The minimum absolute atomic E-state index is 0. The number of rotatable bonds is 0. The highest BCUT2D eigenvalue weighted by atomic mass is 35.5. The van der Waals surface area contributed by atoms with E-state index in [2.05, 4.69) is 0 Å². The molecule has 1 nitrogen and oxygen atoms in total. The van der Waals surface area contributed by atoms with Gasteiger partial charge in [0.25, 0.3) is 5.92 Å². The van der Waals surface area contributed by atoms with Gasteiger partial charge < -0.3 is 5.73 Å². The van der Waals surface area contributed by atoms with E-state index < -0.39 is 12.0 Å². The molecule has 1 atom stereocenters. The van der Waals surface area contributed by atoms with Crippen molar-refractivity contribution in [2.45, 2.75) is 24.8 Å². The van der Waals surface area contributed by atoms with Crippen LogP contribution in [0.5, 0.6) is 0 Å². The van der Waals surface area contributed by atoms with Crippen molar-refractivity contribution < 1.29 is 8.78 Å². The lowest BCUT2D eigenvalue weighted by molar-refractivity contribution is -0.0921. The molecule has 0 bridgehead atoms. The average molecular weight is 144 g/mol. The van der Waals surface area contributed by atoms with E-state index in [1.807, 2.05) is 0 Å². The lowest BCUT2D eigenvalue weighted by Gasteiger charge is -2.32. The predicted molar refractivity (Wildman–Crippen MR) is 29.4 cm³/mol. The summed E-state index contributed by atoms with van der Waals surface area (Å²) in [4.78, 5) is 0. The van der Waals surface area contributed by atoms with Gasteiger partial charge in [0.1, 0.15) is 0 Å². The smallest absolute Gasteiger partial charge is 0.262 e. The summed E-state index contributed by atoms with van der Waals surface area (Å²) in [5.74, 6) is -2.54. The topological polar surface area (TPSA) is 26.0 Å². The zero-order valence-corrected chi connectivity index (χ0v) is 5.05. The van der Waals surface area contributed by atoms with Crippen LogP contribution in [0.25, 0.3) is 0 Å². The molecule has 1 saturated carbocycles. The monoisotopic (exact) mass is 143 g/mol. The van der Waals surface area contributed by atoms with E-state index in [1.165, 1.54) is 0 Å². The van der Waals surface area contributed by atoms with Crippen LogP contribution >= 0.6 is 12.4 Å². The molecule has 0 aromatic heterocycles. The summed E-state index contributed by atoms with van der Waals surface area (Å²) in [7, 11) is 0. The molecule has 1 fully saturated rings. The Hall–Kier alpha value is 0.110. The number of halogens is 3. The van der Waals surface area contributed by atoms with Crippen molar-refractivity contribution in [1.29, 1.82) is 0 Å². The standard InChI is InChI=1S/C4H7F2N.ClH/c5-4(6)2-1-3(4)7;/h3H,1-2,7H2;1H/t3-;/m1./s1. The Labute approximate surface area is 52.7 Å². The molecule has 2 N–H and O–H groups in total. The van der Waals surface area contributed by atoms with Gasteiger partial charge >= 0.3 is 0 Å². The minimum Gasteiger partial charge on any atom is -0.323 e. The molecule has 50 valence electrons. The van der Waals surface area contributed by atoms with Crippen LogP contribution in [0.4, 0.5) is 8.78 Å². The maximum atomic E-state index is 11.8. The number of hydrogen-bond donors (Lipinski definition) is 1. The Morgan fingerprint density at radius 3 is 1.88 bits per heavy atom. The van der Waals surface area contributed by atoms with Gasteiger partial charge in [0.15, 0.2) is 0 Å². The molecule has 0 aliphatic heterocycles. The molecule has 0 saturated heterocycles. The van der Waals surface area contributed by atoms with Crippen LogP contribution in [0.1, 0.15) is 12.8 Å². The summed E-state index contributed by atoms with van der Waals surface area (Å²) in [5.41, 5.74) is 4.91. The third-order valence-corrected chi connectivity index (χ3v) is 1.33. The quantitative estimate of drug-likeness (QED) is 0.541. The van der Waals surface area contributed by atoms with Gasteiger partial charge in [-0.15, -0.1) is 12.4 Å². The van der Waals surface area contributed by atoms with Crippen LogP contribution in [0.2, 0.25) is 0 Å². The molecule has 1 aliphatic rings. The van der Waals surface area contributed by atoms with E-state index in [1.54, 1.807) is 0 Å². The molecule has 4 heteroatoms. The Morgan fingerprint density at radius 1 is 1.50 bits per heavy atom. The molecule has 0 radical (unpaired) electrons. The molecule has 0 heterocycles. The van der Waals surface area contributed by atoms with E-state index in [0.29, 0.717) is 6.42 Å². The van der Waals surface area contributed by atoms with Crippen molar-refractivity contribution in [3.8, 4) is 0 Å². The molecule has 1 rings (SSSR count). The predicted octanol–water partition coefficient (Wildman–Crippen LogP) is 1.16. The lowest BCUT2D eigenvalue weighted by atomic mass is 9.89. The minimum atomic E-state index is -2.54. The van der Waals surface area contributed by atoms with Crippen molar-refractivity contribution in [3.63, 3.8) is 0 Å². The molecular weight excluding hydrogens is 136 g/mol. The molecule has 0 aromatic rings. The molecule has 8 heavy (non-hydrogen) atoms. The zero-order valence-electron chi connectivity index (χ0n) is 4.23. The van der Waals surface area contributed by atoms with Crippen LogP contribution in [0, 0.1) is 0 Å². The van der Waals surface area contributed by atoms with E-state index in [9.17, 15) is 8.78 Å². The van der Waals surface area contributed by atoms with E-state index in [0.717, 1.165) is 0 Å². The maximum Gasteiger partial charge on any atom is 0.262 e. The second kappa shape index (κ2) is 2.15. The zero-order chi connectivity index (χ0) is 5.49. The fourth-order valence-electron chi connectivity index (χ4n) is 0.529. The molecular formula is C4H8ClF2N. The van der Waals surface area contributed by atoms with Crippen molar-refractivity contribution >= 4 is 12.4 Å². The van der Waals surface area contributed by atoms with Crippen LogP contribution in [0.3, 0.4) is 0 Å². The Balaban J connectivity index is 0.000000490. The van der Waals surface area contributed by atoms with Crippen LogP contribution in [-0.2, 0) is 0 Å². The fourth-order valence-corrected chi connectivity index (χ4v) is 0.529. The first-order valence-electron chi connectivity index (χ1n) is 2.26. The SMILES string of the molecule is Cl.N[C@@H]1CCC1(F)F. The van der Waals surface area contributed by atoms with Gasteiger partial charge in [-0.2, -0.15) is 0 Å². The van der Waals surface area contributed by atoms with Gasteiger partial charge in [0.2, 0.25) is 0 Å². The highest BCUT2D eigenvalue weighted by Crippen LogP contribution is 2.35. The van der Waals surface area contributed by atoms with Gasteiger partial charge in [-0.25, -0.2) is 8.78 Å². The largest absolute Gasteiger partial charge is 0.323 e. The summed E-state index contributed by atoms with van der Waals surface area (Å²) in [5, 5.41) is 0. The molecule has 0 spiro atoms. The first-order chi connectivity index (χ1) is 3.13. The van der Waals surface area contributed by atoms with Crippen LogP contribution < -0.4 is 5.73 Å². The highest BCUT2D eigenvalue weighted by molar-refractivity contribution is 5.85. The number of alkyl halides is 2. The third-order valence-electron chi connectivity index (χ3n) is 1.33. The van der Waals surface area contributed by atoms with Crippen LogP contribution in [-0.4, -0.2) is 12.0 Å². The van der Waals surface area contributed by atoms with Gasteiger partial charge in [-0.1, -0.05) is 0 Å². The van der Waals surface area contributed by atoms with Crippen molar-refractivity contribution in [2.75, 3.05) is 0 Å². The average Bonchev–Trinajstić information content (AvgIpc) is 1.63. The van der Waals surface area contributed by atoms with E-state index in [-0.39, 0.29) is 18.8 Å². The van der Waals surface area contributed by atoms with Gasteiger partial charge in [0.05, 0.1) is 6.04 Å². The fraction of sp³-hybridized carbons (Fsp3) is 1.00. The summed E-state index contributed by atoms with van der Waals surface area (Å²) < 4.78 is 23.6. The second-order valence-corrected chi connectivity index (χ2v) is 1.91. The van der Waals surface area contributed by atoms with Crippen molar-refractivity contribution in [1.82, 2.24) is 0 Å².